The van der Waals surface area contributed by atoms with Gasteiger partial charge in [0.2, 0.25) is 0 Å². The highest BCUT2D eigenvalue weighted by Crippen LogP contribution is 2.35. The Morgan fingerprint density at radius 2 is 2.05 bits per heavy atom. The van der Waals surface area contributed by atoms with Crippen LogP contribution in [-0.2, 0) is 6.54 Å². The lowest BCUT2D eigenvalue weighted by molar-refractivity contribution is -0.385. The van der Waals surface area contributed by atoms with Crippen LogP contribution in [0.1, 0.15) is 18.4 Å². The van der Waals surface area contributed by atoms with Gasteiger partial charge in [-0.05, 0) is 31.4 Å². The number of benzene rings is 1. The summed E-state index contributed by atoms with van der Waals surface area (Å²) in [5.41, 5.74) is 0.630. The minimum Gasteiger partial charge on any atom is -0.493 e. The first-order valence-corrected chi connectivity index (χ1v) is 7.31. The zero-order valence-electron chi connectivity index (χ0n) is 12.9. The monoisotopic (exact) mass is 310 g/mol. The van der Waals surface area contributed by atoms with Crippen LogP contribution in [0.3, 0.4) is 0 Å². The Morgan fingerprint density at radius 1 is 1.36 bits per heavy atom. The summed E-state index contributed by atoms with van der Waals surface area (Å²) in [7, 11) is 2.97. The van der Waals surface area contributed by atoms with Crippen LogP contribution in [0.25, 0.3) is 0 Å². The molecule has 0 bridgehead atoms. The van der Waals surface area contributed by atoms with E-state index < -0.39 is 4.92 Å². The molecule has 7 heteroatoms. The van der Waals surface area contributed by atoms with Gasteiger partial charge in [-0.2, -0.15) is 0 Å². The van der Waals surface area contributed by atoms with Gasteiger partial charge < -0.3 is 14.6 Å². The maximum Gasteiger partial charge on any atom is 0.277 e. The number of aliphatic hydroxyl groups is 1. The quantitative estimate of drug-likeness (QED) is 0.637. The van der Waals surface area contributed by atoms with Crippen LogP contribution < -0.4 is 9.47 Å². The molecule has 1 fully saturated rings. The fourth-order valence-corrected chi connectivity index (χ4v) is 2.89. The van der Waals surface area contributed by atoms with Crippen LogP contribution in [0.4, 0.5) is 5.69 Å². The van der Waals surface area contributed by atoms with E-state index in [9.17, 15) is 15.2 Å². The topological polar surface area (TPSA) is 85.1 Å². The van der Waals surface area contributed by atoms with E-state index in [0.29, 0.717) is 23.6 Å². The summed E-state index contributed by atoms with van der Waals surface area (Å²) in [5.74, 6) is 1.08. The molecule has 22 heavy (non-hydrogen) atoms. The van der Waals surface area contributed by atoms with Gasteiger partial charge in [0, 0.05) is 25.3 Å². The SMILES string of the molecule is COc1cc(CN2CCC[C@H](CO)C2)c([N+](=O)[O-])cc1OC. The largest absolute Gasteiger partial charge is 0.493 e. The lowest BCUT2D eigenvalue weighted by atomic mass is 9.98. The molecule has 1 N–H and O–H groups in total. The van der Waals surface area contributed by atoms with E-state index in [1.54, 1.807) is 6.07 Å². The van der Waals surface area contributed by atoms with Crippen molar-refractivity contribution in [2.24, 2.45) is 5.92 Å². The number of nitro groups is 1. The number of likely N-dealkylation sites (tertiary alicyclic amines) is 1. The molecule has 0 aliphatic carbocycles. The predicted octanol–water partition coefficient (Wildman–Crippen LogP) is 1.82. The number of rotatable bonds is 6. The van der Waals surface area contributed by atoms with E-state index in [1.807, 2.05) is 0 Å². The number of methoxy groups -OCH3 is 2. The molecule has 1 saturated heterocycles. The van der Waals surface area contributed by atoms with E-state index >= 15 is 0 Å². The van der Waals surface area contributed by atoms with Crippen molar-refractivity contribution in [1.82, 2.24) is 4.90 Å². The van der Waals surface area contributed by atoms with E-state index in [2.05, 4.69) is 4.90 Å². The summed E-state index contributed by atoms with van der Waals surface area (Å²) in [4.78, 5) is 13.0. The Kier molecular flexibility index (Phi) is 5.57. The van der Waals surface area contributed by atoms with Crippen molar-refractivity contribution < 1.29 is 19.5 Å². The van der Waals surface area contributed by atoms with Crippen molar-refractivity contribution in [3.8, 4) is 11.5 Å². The van der Waals surface area contributed by atoms with Gasteiger partial charge in [-0.1, -0.05) is 0 Å². The maximum absolute atomic E-state index is 11.3. The second-order valence-corrected chi connectivity index (χ2v) is 5.52. The number of hydrogen-bond donors (Lipinski definition) is 1. The first-order valence-electron chi connectivity index (χ1n) is 7.31. The molecule has 1 atom stereocenters. The average molecular weight is 310 g/mol. The normalized spacial score (nSPS) is 19.0. The fraction of sp³-hybridized carbons (Fsp3) is 0.600. The molecule has 0 unspecified atom stereocenters. The maximum atomic E-state index is 11.3. The van der Waals surface area contributed by atoms with Crippen molar-refractivity contribution in [3.63, 3.8) is 0 Å². The van der Waals surface area contributed by atoms with Crippen molar-refractivity contribution in [2.75, 3.05) is 33.9 Å². The van der Waals surface area contributed by atoms with Crippen molar-refractivity contribution in [1.29, 1.82) is 0 Å². The number of hydrogen-bond acceptors (Lipinski definition) is 6. The Morgan fingerprint density at radius 3 is 2.64 bits per heavy atom. The molecule has 0 aromatic heterocycles. The minimum atomic E-state index is -0.398. The van der Waals surface area contributed by atoms with Gasteiger partial charge in [0.1, 0.15) is 0 Å². The third-order valence-electron chi connectivity index (χ3n) is 4.04. The Bertz CT molecular complexity index is 535. The van der Waals surface area contributed by atoms with Crippen molar-refractivity contribution >= 4 is 5.69 Å². The zero-order valence-corrected chi connectivity index (χ0v) is 12.9. The second-order valence-electron chi connectivity index (χ2n) is 5.52. The van der Waals surface area contributed by atoms with Crippen LogP contribution in [0.2, 0.25) is 0 Å². The molecule has 122 valence electrons. The summed E-state index contributed by atoms with van der Waals surface area (Å²) in [6.07, 6.45) is 1.99. The molecule has 1 aromatic carbocycles. The number of nitrogens with zero attached hydrogens (tertiary/aromatic N) is 2. The lowest BCUT2D eigenvalue weighted by Gasteiger charge is -2.31. The van der Waals surface area contributed by atoms with Crippen LogP contribution in [0.5, 0.6) is 11.5 Å². The Hall–Kier alpha value is -1.86. The van der Waals surface area contributed by atoms with Gasteiger partial charge in [-0.25, -0.2) is 0 Å². The molecule has 1 heterocycles. The van der Waals surface area contributed by atoms with E-state index in [0.717, 1.165) is 25.9 Å². The number of nitro benzene ring substituents is 1. The highest BCUT2D eigenvalue weighted by Gasteiger charge is 2.24. The van der Waals surface area contributed by atoms with E-state index in [-0.39, 0.29) is 18.2 Å². The fourth-order valence-electron chi connectivity index (χ4n) is 2.89. The van der Waals surface area contributed by atoms with Gasteiger partial charge in [-0.15, -0.1) is 0 Å². The van der Waals surface area contributed by atoms with Crippen LogP contribution >= 0.6 is 0 Å². The van der Waals surface area contributed by atoms with Crippen LogP contribution in [0.15, 0.2) is 12.1 Å². The van der Waals surface area contributed by atoms with Crippen LogP contribution in [-0.4, -0.2) is 48.8 Å². The first kappa shape index (κ1) is 16.5. The van der Waals surface area contributed by atoms with Gasteiger partial charge >= 0.3 is 0 Å². The smallest absolute Gasteiger partial charge is 0.277 e. The third-order valence-corrected chi connectivity index (χ3v) is 4.04. The lowest BCUT2D eigenvalue weighted by Crippen LogP contribution is -2.36. The third kappa shape index (κ3) is 3.66. The Balaban J connectivity index is 2.26. The van der Waals surface area contributed by atoms with E-state index in [4.69, 9.17) is 9.47 Å². The molecule has 0 amide bonds. The molecule has 1 aliphatic heterocycles. The summed E-state index contributed by atoms with van der Waals surface area (Å²) in [6.45, 7) is 2.25. The first-order chi connectivity index (χ1) is 10.6. The number of ether oxygens (including phenoxy) is 2. The average Bonchev–Trinajstić information content (AvgIpc) is 2.54. The van der Waals surface area contributed by atoms with Crippen molar-refractivity contribution in [3.05, 3.63) is 27.8 Å². The predicted molar refractivity (Wildman–Crippen MR) is 81.3 cm³/mol. The van der Waals surface area contributed by atoms with Gasteiger partial charge in [0.25, 0.3) is 5.69 Å². The Labute approximate surface area is 129 Å². The highest BCUT2D eigenvalue weighted by atomic mass is 16.6. The summed E-state index contributed by atoms with van der Waals surface area (Å²) < 4.78 is 10.4. The summed E-state index contributed by atoms with van der Waals surface area (Å²) in [5, 5.41) is 20.6. The standard InChI is InChI=1S/C15H22N2O5/c1-21-14-6-12(13(17(19)20)7-15(14)22-2)9-16-5-3-4-11(8-16)10-18/h6-7,11,18H,3-5,8-10H2,1-2H3/t11-/m0/s1. The molecule has 1 aromatic rings. The summed E-state index contributed by atoms with van der Waals surface area (Å²) in [6, 6.07) is 3.07. The number of piperidine rings is 1. The van der Waals surface area contributed by atoms with Crippen LogP contribution in [0, 0.1) is 16.0 Å². The molecule has 2 rings (SSSR count). The van der Waals surface area contributed by atoms with Crippen molar-refractivity contribution in [2.45, 2.75) is 19.4 Å². The molecule has 0 saturated carbocycles. The van der Waals surface area contributed by atoms with Gasteiger partial charge in [0.05, 0.1) is 25.2 Å². The zero-order chi connectivity index (χ0) is 16.1. The molecule has 1 aliphatic rings. The van der Waals surface area contributed by atoms with Gasteiger partial charge in [-0.3, -0.25) is 15.0 Å². The molecule has 7 nitrogen and oxygen atoms in total. The minimum absolute atomic E-state index is 0.0313. The second kappa shape index (κ2) is 7.42. The highest BCUT2D eigenvalue weighted by molar-refractivity contribution is 5.54. The van der Waals surface area contributed by atoms with E-state index in [1.165, 1.54) is 20.3 Å². The molecule has 0 radical (unpaired) electrons. The molecular formula is C15H22N2O5. The molecular weight excluding hydrogens is 288 g/mol. The molecule has 0 spiro atoms. The summed E-state index contributed by atoms with van der Waals surface area (Å²) >= 11 is 0. The number of aliphatic hydroxyl groups excluding tert-OH is 1. The van der Waals surface area contributed by atoms with Gasteiger partial charge in [0.15, 0.2) is 11.5 Å².